The standard InChI is InChI=1S/C18H14ClN3O3S2/c19-13-5-6-16(26-11-17-20-7-8-21-17)14(10-13)22-27(23,24)18-9-12-3-1-2-4-15(12)25-18/h1-10,22H,11H2,(H,20,21). The largest absolute Gasteiger partial charge is 0.443 e. The molecule has 0 atom stereocenters. The summed E-state index contributed by atoms with van der Waals surface area (Å²) >= 11 is 7.51. The van der Waals surface area contributed by atoms with Crippen LogP contribution < -0.4 is 4.72 Å². The maximum Gasteiger partial charge on any atom is 0.295 e. The number of para-hydroxylation sites is 1. The van der Waals surface area contributed by atoms with E-state index >= 15 is 0 Å². The van der Waals surface area contributed by atoms with Gasteiger partial charge in [0.25, 0.3) is 10.0 Å². The van der Waals surface area contributed by atoms with Crippen LogP contribution in [-0.4, -0.2) is 18.4 Å². The van der Waals surface area contributed by atoms with Crippen molar-refractivity contribution in [3.8, 4) is 0 Å². The van der Waals surface area contributed by atoms with Gasteiger partial charge in [-0.1, -0.05) is 29.8 Å². The minimum absolute atomic E-state index is 0.148. The van der Waals surface area contributed by atoms with Crippen LogP contribution in [0.3, 0.4) is 0 Å². The molecule has 2 heterocycles. The molecule has 27 heavy (non-hydrogen) atoms. The fraction of sp³-hybridized carbons (Fsp3) is 0.0556. The van der Waals surface area contributed by atoms with Crippen molar-refractivity contribution in [1.82, 2.24) is 9.97 Å². The van der Waals surface area contributed by atoms with Crippen molar-refractivity contribution in [2.24, 2.45) is 0 Å². The number of halogens is 1. The molecule has 2 aromatic carbocycles. The van der Waals surface area contributed by atoms with Gasteiger partial charge in [-0.15, -0.1) is 11.8 Å². The molecule has 0 aliphatic heterocycles. The van der Waals surface area contributed by atoms with Crippen LogP contribution in [0.15, 0.2) is 75.3 Å². The highest BCUT2D eigenvalue weighted by atomic mass is 35.5. The Morgan fingerprint density at radius 2 is 2.04 bits per heavy atom. The van der Waals surface area contributed by atoms with Crippen LogP contribution in [0, 0.1) is 0 Å². The lowest BCUT2D eigenvalue weighted by Gasteiger charge is -2.11. The van der Waals surface area contributed by atoms with E-state index in [1.807, 2.05) is 6.07 Å². The molecule has 0 aliphatic rings. The molecule has 2 aromatic heterocycles. The first-order valence-electron chi connectivity index (χ1n) is 7.93. The fourth-order valence-corrected chi connectivity index (χ4v) is 4.67. The van der Waals surface area contributed by atoms with Gasteiger partial charge in [0.15, 0.2) is 0 Å². The Labute approximate surface area is 165 Å². The van der Waals surface area contributed by atoms with Crippen molar-refractivity contribution in [3.05, 3.63) is 71.8 Å². The number of nitrogens with one attached hydrogen (secondary N) is 2. The molecule has 0 aliphatic carbocycles. The van der Waals surface area contributed by atoms with Gasteiger partial charge in [0.1, 0.15) is 11.4 Å². The lowest BCUT2D eigenvalue weighted by Crippen LogP contribution is -2.12. The van der Waals surface area contributed by atoms with E-state index in [9.17, 15) is 8.42 Å². The zero-order valence-electron chi connectivity index (χ0n) is 13.8. The van der Waals surface area contributed by atoms with Crippen molar-refractivity contribution >= 4 is 50.0 Å². The highest BCUT2D eigenvalue weighted by Gasteiger charge is 2.21. The van der Waals surface area contributed by atoms with Gasteiger partial charge in [-0.25, -0.2) is 4.98 Å². The van der Waals surface area contributed by atoms with Crippen LogP contribution in [0.5, 0.6) is 0 Å². The predicted molar refractivity (Wildman–Crippen MR) is 107 cm³/mol. The van der Waals surface area contributed by atoms with Crippen molar-refractivity contribution in [1.29, 1.82) is 0 Å². The van der Waals surface area contributed by atoms with Gasteiger partial charge in [0.2, 0.25) is 5.09 Å². The van der Waals surface area contributed by atoms with Gasteiger partial charge in [-0.05, 0) is 24.3 Å². The summed E-state index contributed by atoms with van der Waals surface area (Å²) in [6.45, 7) is 0. The van der Waals surface area contributed by atoms with Crippen LogP contribution >= 0.6 is 23.4 Å². The lowest BCUT2D eigenvalue weighted by molar-refractivity contribution is 0.484. The van der Waals surface area contributed by atoms with Crippen LogP contribution in [0.1, 0.15) is 5.82 Å². The molecule has 0 radical (unpaired) electrons. The summed E-state index contributed by atoms with van der Waals surface area (Å²) in [7, 11) is -3.90. The minimum Gasteiger partial charge on any atom is -0.443 e. The second-order valence-corrected chi connectivity index (χ2v) is 8.74. The van der Waals surface area contributed by atoms with Crippen molar-refractivity contribution in [3.63, 3.8) is 0 Å². The summed E-state index contributed by atoms with van der Waals surface area (Å²) in [6, 6.07) is 13.7. The van der Waals surface area contributed by atoms with Crippen LogP contribution in [0.4, 0.5) is 5.69 Å². The number of fused-ring (bicyclic) bond motifs is 1. The van der Waals surface area contributed by atoms with E-state index in [2.05, 4.69) is 14.7 Å². The van der Waals surface area contributed by atoms with Crippen molar-refractivity contribution in [2.75, 3.05) is 4.72 Å². The molecule has 0 fully saturated rings. The number of H-pyrrole nitrogens is 1. The number of rotatable bonds is 6. The zero-order valence-corrected chi connectivity index (χ0v) is 16.2. The molecule has 0 saturated heterocycles. The van der Waals surface area contributed by atoms with Crippen molar-refractivity contribution < 1.29 is 12.8 Å². The fourth-order valence-electron chi connectivity index (χ4n) is 2.52. The highest BCUT2D eigenvalue weighted by Crippen LogP contribution is 2.33. The summed E-state index contributed by atoms with van der Waals surface area (Å²) in [5, 5.41) is 1.00. The molecule has 4 aromatic rings. The molecule has 0 spiro atoms. The molecule has 4 rings (SSSR count). The number of sulfonamides is 1. The normalized spacial score (nSPS) is 11.7. The van der Waals surface area contributed by atoms with Gasteiger partial charge in [0.05, 0.1) is 11.4 Å². The minimum atomic E-state index is -3.90. The number of anilines is 1. The molecule has 9 heteroatoms. The maximum absolute atomic E-state index is 12.8. The Bertz CT molecular complexity index is 1150. The molecule has 138 valence electrons. The van der Waals surface area contributed by atoms with Crippen LogP contribution in [-0.2, 0) is 15.8 Å². The Hall–Kier alpha value is -2.42. The van der Waals surface area contributed by atoms with Gasteiger partial charge >= 0.3 is 0 Å². The second-order valence-electron chi connectivity index (χ2n) is 5.67. The third-order valence-electron chi connectivity index (χ3n) is 3.77. The molecule has 0 bridgehead atoms. The number of thioether (sulfide) groups is 1. The molecule has 2 N–H and O–H groups in total. The number of aromatic amines is 1. The number of hydrogen-bond acceptors (Lipinski definition) is 5. The molecule has 0 amide bonds. The van der Waals surface area contributed by atoms with Crippen LogP contribution in [0.25, 0.3) is 11.0 Å². The van der Waals surface area contributed by atoms with E-state index in [0.717, 1.165) is 16.1 Å². The monoisotopic (exact) mass is 419 g/mol. The second kappa shape index (κ2) is 7.30. The number of nitrogens with zero attached hydrogens (tertiary/aromatic N) is 1. The average molecular weight is 420 g/mol. The Morgan fingerprint density at radius 1 is 1.19 bits per heavy atom. The first-order valence-corrected chi connectivity index (χ1v) is 10.8. The van der Waals surface area contributed by atoms with Gasteiger partial charge in [0, 0.05) is 33.8 Å². The zero-order chi connectivity index (χ0) is 18.9. The third kappa shape index (κ3) is 3.97. The Morgan fingerprint density at radius 3 is 2.81 bits per heavy atom. The Kier molecular flexibility index (Phi) is 4.86. The van der Waals surface area contributed by atoms with Crippen molar-refractivity contribution in [2.45, 2.75) is 15.7 Å². The summed E-state index contributed by atoms with van der Waals surface area (Å²) in [4.78, 5) is 7.92. The van der Waals surface area contributed by atoms with E-state index in [-0.39, 0.29) is 5.09 Å². The predicted octanol–water partition coefficient (Wildman–Crippen LogP) is 4.90. The summed E-state index contributed by atoms with van der Waals surface area (Å²) in [5.74, 6) is 1.36. The van der Waals surface area contributed by atoms with Crippen LogP contribution in [0.2, 0.25) is 5.02 Å². The first kappa shape index (κ1) is 18.0. The molecule has 0 saturated carbocycles. The number of aromatic nitrogens is 2. The van der Waals surface area contributed by atoms with Gasteiger partial charge < -0.3 is 9.40 Å². The Balaban J connectivity index is 1.63. The maximum atomic E-state index is 12.8. The number of benzene rings is 2. The topological polar surface area (TPSA) is 88.0 Å². The SMILES string of the molecule is O=S(=O)(Nc1cc(Cl)ccc1SCc1ncc[nH]1)c1cc2ccccc2o1. The first-order chi connectivity index (χ1) is 13.0. The number of furan rings is 1. The van der Waals surface area contributed by atoms with E-state index in [4.69, 9.17) is 16.0 Å². The molecular formula is C18H14ClN3O3S2. The highest BCUT2D eigenvalue weighted by molar-refractivity contribution is 7.98. The summed E-state index contributed by atoms with van der Waals surface area (Å²) < 4.78 is 33.7. The van der Waals surface area contributed by atoms with Gasteiger partial charge in [-0.2, -0.15) is 8.42 Å². The quantitative estimate of drug-likeness (QED) is 0.434. The van der Waals surface area contributed by atoms with E-state index < -0.39 is 10.0 Å². The molecular weight excluding hydrogens is 406 g/mol. The van der Waals surface area contributed by atoms with E-state index in [1.54, 1.807) is 48.8 Å². The van der Waals surface area contributed by atoms with E-state index in [1.165, 1.54) is 17.8 Å². The molecule has 6 nitrogen and oxygen atoms in total. The number of imidazole rings is 1. The summed E-state index contributed by atoms with van der Waals surface area (Å²) in [6.07, 6.45) is 3.41. The molecule has 0 unspecified atom stereocenters. The van der Waals surface area contributed by atoms with Gasteiger partial charge in [-0.3, -0.25) is 4.72 Å². The lowest BCUT2D eigenvalue weighted by atomic mass is 10.3. The third-order valence-corrected chi connectivity index (χ3v) is 6.31. The average Bonchev–Trinajstić information content (AvgIpc) is 3.30. The summed E-state index contributed by atoms with van der Waals surface area (Å²) in [5.41, 5.74) is 0.899. The number of hydrogen-bond donors (Lipinski definition) is 2. The van der Waals surface area contributed by atoms with E-state index in [0.29, 0.717) is 22.0 Å². The smallest absolute Gasteiger partial charge is 0.295 e.